The van der Waals surface area contributed by atoms with Gasteiger partial charge in [-0.25, -0.2) is 0 Å². The highest BCUT2D eigenvalue weighted by Crippen LogP contribution is 2.13. The number of carboxylic acid groups (broad SMARTS) is 1. The summed E-state index contributed by atoms with van der Waals surface area (Å²) < 4.78 is 0. The molecule has 0 aliphatic rings. The predicted molar refractivity (Wildman–Crippen MR) is 82.4 cm³/mol. The van der Waals surface area contributed by atoms with Gasteiger partial charge in [-0.2, -0.15) is 0 Å². The first-order chi connectivity index (χ1) is 10.6. The molecule has 1 aromatic carbocycles. The second kappa shape index (κ2) is 7.36. The van der Waals surface area contributed by atoms with Crippen LogP contribution in [0.15, 0.2) is 48.8 Å². The third kappa shape index (κ3) is 4.15. The van der Waals surface area contributed by atoms with Crippen LogP contribution >= 0.6 is 0 Å². The van der Waals surface area contributed by atoms with Crippen molar-refractivity contribution >= 4 is 11.9 Å². The highest BCUT2D eigenvalue weighted by Gasteiger charge is 2.18. The van der Waals surface area contributed by atoms with Crippen LogP contribution in [-0.2, 0) is 11.3 Å². The van der Waals surface area contributed by atoms with Crippen LogP contribution in [-0.4, -0.2) is 33.4 Å². The topological polar surface area (TPSA) is 70.5 Å². The number of aryl methyl sites for hydroxylation is 1. The van der Waals surface area contributed by atoms with E-state index < -0.39 is 5.97 Å². The summed E-state index contributed by atoms with van der Waals surface area (Å²) >= 11 is 0. The number of carbonyl (C=O) groups excluding carboxylic acids is 1. The SMILES string of the molecule is Cc1ccccc1C(=O)N(CCC(=O)O)Cc1cccnc1. The van der Waals surface area contributed by atoms with Crippen molar-refractivity contribution in [2.75, 3.05) is 6.54 Å². The monoisotopic (exact) mass is 298 g/mol. The molecular formula is C17H18N2O3. The lowest BCUT2D eigenvalue weighted by Gasteiger charge is -2.23. The van der Waals surface area contributed by atoms with Gasteiger partial charge in [-0.15, -0.1) is 0 Å². The molecule has 0 radical (unpaired) electrons. The maximum Gasteiger partial charge on any atom is 0.305 e. The molecule has 0 aliphatic heterocycles. The Kier molecular flexibility index (Phi) is 5.25. The van der Waals surface area contributed by atoms with Crippen molar-refractivity contribution in [3.63, 3.8) is 0 Å². The number of benzene rings is 1. The number of nitrogens with zero attached hydrogens (tertiary/aromatic N) is 2. The van der Waals surface area contributed by atoms with Crippen LogP contribution in [0.3, 0.4) is 0 Å². The predicted octanol–water partition coefficient (Wildman–Crippen LogP) is 2.51. The number of rotatable bonds is 6. The summed E-state index contributed by atoms with van der Waals surface area (Å²) in [5, 5.41) is 8.89. The Balaban J connectivity index is 2.21. The largest absolute Gasteiger partial charge is 0.481 e. The fourth-order valence-electron chi connectivity index (χ4n) is 2.18. The Morgan fingerprint density at radius 2 is 1.95 bits per heavy atom. The van der Waals surface area contributed by atoms with E-state index in [1.54, 1.807) is 35.5 Å². The number of carbonyl (C=O) groups is 2. The van der Waals surface area contributed by atoms with Crippen LogP contribution in [0.5, 0.6) is 0 Å². The van der Waals surface area contributed by atoms with Gasteiger partial charge in [0.05, 0.1) is 6.42 Å². The Hall–Kier alpha value is -2.69. The van der Waals surface area contributed by atoms with Crippen LogP contribution in [0, 0.1) is 6.92 Å². The minimum Gasteiger partial charge on any atom is -0.481 e. The van der Waals surface area contributed by atoms with Crippen LogP contribution in [0.2, 0.25) is 0 Å². The fourth-order valence-corrected chi connectivity index (χ4v) is 2.18. The van der Waals surface area contributed by atoms with Crippen molar-refractivity contribution in [3.05, 3.63) is 65.5 Å². The number of carboxylic acids is 1. The van der Waals surface area contributed by atoms with Gasteiger partial charge in [0.2, 0.25) is 0 Å². The Labute approximate surface area is 129 Å². The van der Waals surface area contributed by atoms with Crippen LogP contribution in [0.4, 0.5) is 0 Å². The van der Waals surface area contributed by atoms with Gasteiger partial charge in [-0.3, -0.25) is 14.6 Å². The molecule has 5 nitrogen and oxygen atoms in total. The molecule has 2 rings (SSSR count). The number of aromatic nitrogens is 1. The van der Waals surface area contributed by atoms with Gasteiger partial charge < -0.3 is 10.0 Å². The molecule has 0 atom stereocenters. The first-order valence-corrected chi connectivity index (χ1v) is 7.03. The summed E-state index contributed by atoms with van der Waals surface area (Å²) in [5.41, 5.74) is 2.34. The summed E-state index contributed by atoms with van der Waals surface area (Å²) in [6, 6.07) is 11.0. The molecule has 0 fully saturated rings. The summed E-state index contributed by atoms with van der Waals surface area (Å²) in [4.78, 5) is 29.1. The average molecular weight is 298 g/mol. The summed E-state index contributed by atoms with van der Waals surface area (Å²) in [6.07, 6.45) is 3.25. The van der Waals surface area contributed by atoms with E-state index in [1.807, 2.05) is 25.1 Å². The molecule has 1 N–H and O–H groups in total. The van der Waals surface area contributed by atoms with E-state index in [0.717, 1.165) is 11.1 Å². The molecule has 1 amide bonds. The molecule has 2 aromatic rings. The lowest BCUT2D eigenvalue weighted by Crippen LogP contribution is -2.33. The van der Waals surface area contributed by atoms with E-state index in [4.69, 9.17) is 5.11 Å². The molecule has 1 heterocycles. The van der Waals surface area contributed by atoms with E-state index in [0.29, 0.717) is 12.1 Å². The zero-order valence-corrected chi connectivity index (χ0v) is 12.4. The van der Waals surface area contributed by atoms with Crippen molar-refractivity contribution in [3.8, 4) is 0 Å². The number of hydrogen-bond donors (Lipinski definition) is 1. The van der Waals surface area contributed by atoms with Gasteiger partial charge in [-0.05, 0) is 30.2 Å². The second-order valence-corrected chi connectivity index (χ2v) is 5.05. The lowest BCUT2D eigenvalue weighted by molar-refractivity contribution is -0.137. The Morgan fingerprint density at radius 3 is 2.59 bits per heavy atom. The second-order valence-electron chi connectivity index (χ2n) is 5.05. The fraction of sp³-hybridized carbons (Fsp3) is 0.235. The molecule has 0 spiro atoms. The van der Waals surface area contributed by atoms with Crippen molar-refractivity contribution in [1.29, 1.82) is 0 Å². The minimum absolute atomic E-state index is 0.0854. The Morgan fingerprint density at radius 1 is 1.18 bits per heavy atom. The summed E-state index contributed by atoms with van der Waals surface area (Å²) in [5.74, 6) is -1.09. The van der Waals surface area contributed by atoms with Crippen LogP contribution in [0.1, 0.15) is 27.9 Å². The average Bonchev–Trinajstić information content (AvgIpc) is 2.52. The molecule has 0 bridgehead atoms. The third-order valence-electron chi connectivity index (χ3n) is 3.35. The molecule has 0 aliphatic carbocycles. The molecule has 114 valence electrons. The Bertz CT molecular complexity index is 656. The normalized spacial score (nSPS) is 10.2. The smallest absolute Gasteiger partial charge is 0.305 e. The molecule has 22 heavy (non-hydrogen) atoms. The van der Waals surface area contributed by atoms with Gasteiger partial charge in [0.1, 0.15) is 0 Å². The van der Waals surface area contributed by atoms with Crippen molar-refractivity contribution < 1.29 is 14.7 Å². The highest BCUT2D eigenvalue weighted by atomic mass is 16.4. The zero-order valence-electron chi connectivity index (χ0n) is 12.4. The molecule has 0 saturated heterocycles. The summed E-state index contributed by atoms with van der Waals surface area (Å²) in [6.45, 7) is 2.37. The van der Waals surface area contributed by atoms with E-state index >= 15 is 0 Å². The van der Waals surface area contributed by atoms with Gasteiger partial charge in [0, 0.05) is 31.0 Å². The first kappa shape index (κ1) is 15.7. The van der Waals surface area contributed by atoms with Crippen LogP contribution in [0.25, 0.3) is 0 Å². The lowest BCUT2D eigenvalue weighted by atomic mass is 10.1. The van der Waals surface area contributed by atoms with E-state index in [9.17, 15) is 9.59 Å². The molecule has 0 saturated carbocycles. The zero-order chi connectivity index (χ0) is 15.9. The quantitative estimate of drug-likeness (QED) is 0.889. The molecule has 0 unspecified atom stereocenters. The number of hydrogen-bond acceptors (Lipinski definition) is 3. The van der Waals surface area contributed by atoms with E-state index in [1.165, 1.54) is 0 Å². The third-order valence-corrected chi connectivity index (χ3v) is 3.35. The summed E-state index contributed by atoms with van der Waals surface area (Å²) in [7, 11) is 0. The maximum atomic E-state index is 12.7. The number of aliphatic carboxylic acids is 1. The molecular weight excluding hydrogens is 280 g/mol. The van der Waals surface area contributed by atoms with E-state index in [2.05, 4.69) is 4.98 Å². The first-order valence-electron chi connectivity index (χ1n) is 7.03. The van der Waals surface area contributed by atoms with Crippen molar-refractivity contribution in [2.24, 2.45) is 0 Å². The maximum absolute atomic E-state index is 12.7. The molecule has 1 aromatic heterocycles. The van der Waals surface area contributed by atoms with Gasteiger partial charge in [-0.1, -0.05) is 24.3 Å². The standard InChI is InChI=1S/C17H18N2O3/c1-13-5-2-3-7-15(13)17(22)19(10-8-16(20)21)12-14-6-4-9-18-11-14/h2-7,9,11H,8,10,12H2,1H3,(H,20,21). The number of amides is 1. The van der Waals surface area contributed by atoms with E-state index in [-0.39, 0.29) is 18.9 Å². The van der Waals surface area contributed by atoms with Gasteiger partial charge in [0.25, 0.3) is 5.91 Å². The molecule has 5 heteroatoms. The van der Waals surface area contributed by atoms with Crippen molar-refractivity contribution in [1.82, 2.24) is 9.88 Å². The van der Waals surface area contributed by atoms with Gasteiger partial charge >= 0.3 is 5.97 Å². The minimum atomic E-state index is -0.922. The van der Waals surface area contributed by atoms with Crippen LogP contribution < -0.4 is 0 Å². The van der Waals surface area contributed by atoms with Gasteiger partial charge in [0.15, 0.2) is 0 Å². The highest BCUT2D eigenvalue weighted by molar-refractivity contribution is 5.95. The number of pyridine rings is 1. The van der Waals surface area contributed by atoms with Crippen molar-refractivity contribution in [2.45, 2.75) is 19.9 Å².